The second-order valence-corrected chi connectivity index (χ2v) is 9.45. The molecule has 2 rings (SSSR count). The van der Waals surface area contributed by atoms with Gasteiger partial charge in [0.25, 0.3) is 10.1 Å². The van der Waals surface area contributed by atoms with Gasteiger partial charge in [-0.05, 0) is 31.0 Å². The summed E-state index contributed by atoms with van der Waals surface area (Å²) in [6.07, 6.45) is 14.0. The zero-order valence-corrected chi connectivity index (χ0v) is 23.5. The molecule has 0 amide bonds. The minimum absolute atomic E-state index is 0. The van der Waals surface area contributed by atoms with Gasteiger partial charge in [-0.15, -0.1) is 0 Å². The van der Waals surface area contributed by atoms with Crippen LogP contribution >= 0.6 is 0 Å². The van der Waals surface area contributed by atoms with E-state index in [-0.39, 0.29) is 57.1 Å². The Balaban J connectivity index is 0.00000512. The Morgan fingerprint density at radius 1 is 0.812 bits per heavy atom. The zero-order chi connectivity index (χ0) is 22.5. The van der Waals surface area contributed by atoms with Crippen molar-refractivity contribution in [3.05, 3.63) is 48.0 Å². The zero-order valence-electron chi connectivity index (χ0n) is 19.5. The first kappa shape index (κ1) is 29.6. The summed E-state index contributed by atoms with van der Waals surface area (Å²) in [4.78, 5) is -0.496. The smallest absolute Gasteiger partial charge is 0.870 e. The van der Waals surface area contributed by atoms with E-state index in [9.17, 15) is 18.1 Å². The van der Waals surface area contributed by atoms with Crippen LogP contribution in [-0.2, 0) is 16.5 Å². The summed E-state index contributed by atoms with van der Waals surface area (Å²) in [6.45, 7) is 2.23. The number of aryl methyl sites for hydroxylation is 1. The minimum Gasteiger partial charge on any atom is -0.870 e. The molecule has 172 valence electrons. The number of para-hydroxylation sites is 1. The van der Waals surface area contributed by atoms with E-state index < -0.39 is 20.8 Å². The van der Waals surface area contributed by atoms with Crippen molar-refractivity contribution >= 4 is 10.1 Å². The summed E-state index contributed by atoms with van der Waals surface area (Å²) < 4.78 is 38.5. The standard InChI is InChI=1S/C25H36O5S.K/c1-2-3-4-5-6-7-8-9-10-11-13-16-21-19-20-23(31(27,28)29)25(24(21)26)30-22-17-14-12-15-18-22;/h12,14-15,17-20,26H,2-11,13,16H2,1H3,(H,27,28,29);/q;+1/p-1. The van der Waals surface area contributed by atoms with Crippen LogP contribution in [0.3, 0.4) is 0 Å². The molecule has 1 N–H and O–H groups in total. The van der Waals surface area contributed by atoms with Gasteiger partial charge in [0.1, 0.15) is 16.4 Å². The van der Waals surface area contributed by atoms with Gasteiger partial charge >= 0.3 is 51.4 Å². The summed E-state index contributed by atoms with van der Waals surface area (Å²) in [7, 11) is -4.56. The Labute approximate surface area is 236 Å². The molecule has 0 saturated carbocycles. The number of benzene rings is 2. The number of unbranched alkanes of at least 4 members (excludes halogenated alkanes) is 10. The van der Waals surface area contributed by atoms with Crippen molar-refractivity contribution in [2.75, 3.05) is 0 Å². The van der Waals surface area contributed by atoms with Crippen LogP contribution in [0.4, 0.5) is 0 Å². The maximum atomic E-state index is 12.9. The maximum Gasteiger partial charge on any atom is 1.00 e. The predicted molar refractivity (Wildman–Crippen MR) is 122 cm³/mol. The number of rotatable bonds is 15. The van der Waals surface area contributed by atoms with Crippen LogP contribution in [0.25, 0.3) is 0 Å². The molecule has 0 spiro atoms. The third-order valence-corrected chi connectivity index (χ3v) is 6.33. The van der Waals surface area contributed by atoms with Crippen LogP contribution in [0.15, 0.2) is 47.4 Å². The Morgan fingerprint density at radius 2 is 1.34 bits per heavy atom. The van der Waals surface area contributed by atoms with E-state index in [4.69, 9.17) is 4.74 Å². The summed E-state index contributed by atoms with van der Waals surface area (Å²) >= 11 is 0. The van der Waals surface area contributed by atoms with Crippen molar-refractivity contribution in [1.29, 1.82) is 0 Å². The Morgan fingerprint density at radius 3 is 1.88 bits per heavy atom. The Hall–Kier alpha value is -0.414. The molecular formula is C25H35KO5S. The van der Waals surface area contributed by atoms with Gasteiger partial charge in [0.05, 0.1) is 0 Å². The summed E-state index contributed by atoms with van der Waals surface area (Å²) in [5, 5.41) is 12.9. The van der Waals surface area contributed by atoms with Gasteiger partial charge in [-0.25, -0.2) is 0 Å². The average molecular weight is 487 g/mol. The van der Waals surface area contributed by atoms with E-state index in [1.807, 2.05) is 0 Å². The summed E-state index contributed by atoms with van der Waals surface area (Å²) in [6, 6.07) is 11.2. The van der Waals surface area contributed by atoms with Crippen molar-refractivity contribution in [2.24, 2.45) is 0 Å². The second kappa shape index (κ2) is 16.3. The molecule has 0 radical (unpaired) electrons. The van der Waals surface area contributed by atoms with Gasteiger partial charge in [0.15, 0.2) is 0 Å². The molecule has 7 heteroatoms. The van der Waals surface area contributed by atoms with Crippen LogP contribution in [-0.4, -0.2) is 13.0 Å². The van der Waals surface area contributed by atoms with Crippen molar-refractivity contribution in [2.45, 2.75) is 88.9 Å². The molecule has 2 aromatic carbocycles. The fourth-order valence-corrected chi connectivity index (χ4v) is 4.28. The summed E-state index contributed by atoms with van der Waals surface area (Å²) in [5.41, 5.74) is 0.509. The van der Waals surface area contributed by atoms with E-state index in [1.54, 1.807) is 30.3 Å². The molecule has 2 aromatic rings. The molecule has 0 fully saturated rings. The molecule has 0 aliphatic heterocycles. The monoisotopic (exact) mass is 486 g/mol. The third-order valence-electron chi connectivity index (χ3n) is 5.45. The quantitative estimate of drug-likeness (QED) is 0.236. The van der Waals surface area contributed by atoms with E-state index in [1.165, 1.54) is 63.5 Å². The molecule has 0 bridgehead atoms. The van der Waals surface area contributed by atoms with Crippen molar-refractivity contribution in [3.63, 3.8) is 0 Å². The van der Waals surface area contributed by atoms with Crippen LogP contribution < -0.4 is 61.2 Å². The molecule has 0 aromatic heterocycles. The second-order valence-electron chi connectivity index (χ2n) is 8.06. The molecule has 32 heavy (non-hydrogen) atoms. The van der Waals surface area contributed by atoms with E-state index in [2.05, 4.69) is 6.92 Å². The van der Waals surface area contributed by atoms with Gasteiger partial charge in [0, 0.05) is 0 Å². The maximum absolute atomic E-state index is 12.9. The molecule has 0 saturated heterocycles. The van der Waals surface area contributed by atoms with Crippen LogP contribution in [0, 0.1) is 0 Å². The molecule has 5 nitrogen and oxygen atoms in total. The predicted octanol–water partition coefficient (Wildman–Crippen LogP) is 3.66. The Kier molecular flexibility index (Phi) is 15.0. The summed E-state index contributed by atoms with van der Waals surface area (Å²) in [5.74, 6) is -0.475. The molecule has 0 aliphatic carbocycles. The average Bonchev–Trinajstić information content (AvgIpc) is 2.74. The van der Waals surface area contributed by atoms with Crippen molar-refractivity contribution in [1.82, 2.24) is 0 Å². The first-order valence-electron chi connectivity index (χ1n) is 11.5. The normalized spacial score (nSPS) is 11.2. The molecule has 0 aliphatic rings. The number of hydrogen-bond donors (Lipinski definition) is 1. The topological polar surface area (TPSA) is 86.7 Å². The van der Waals surface area contributed by atoms with Gasteiger partial charge in [0.2, 0.25) is 0 Å². The van der Waals surface area contributed by atoms with E-state index >= 15 is 0 Å². The SMILES string of the molecule is CCCCCCCCCCCCCc1ccc(S(=O)(=O)O)c(Oc2ccccc2)c1[O-].[K+]. The first-order valence-corrected chi connectivity index (χ1v) is 12.9. The van der Waals surface area contributed by atoms with Crippen LogP contribution in [0.5, 0.6) is 17.2 Å². The van der Waals surface area contributed by atoms with E-state index in [0.717, 1.165) is 19.3 Å². The van der Waals surface area contributed by atoms with Gasteiger partial charge in [-0.3, -0.25) is 4.55 Å². The minimum atomic E-state index is -4.56. The van der Waals surface area contributed by atoms with Crippen molar-refractivity contribution in [3.8, 4) is 17.2 Å². The largest absolute Gasteiger partial charge is 1.00 e. The van der Waals surface area contributed by atoms with Crippen LogP contribution in [0.1, 0.15) is 83.1 Å². The number of hydrogen-bond acceptors (Lipinski definition) is 4. The fraction of sp³-hybridized carbons (Fsp3) is 0.520. The molecule has 0 unspecified atom stereocenters. The molecular weight excluding hydrogens is 451 g/mol. The first-order chi connectivity index (χ1) is 14.9. The fourth-order valence-electron chi connectivity index (χ4n) is 3.67. The van der Waals surface area contributed by atoms with E-state index in [0.29, 0.717) is 17.7 Å². The molecule has 0 heterocycles. The van der Waals surface area contributed by atoms with Crippen molar-refractivity contribution < 1.29 is 74.2 Å². The number of ether oxygens (including phenoxy) is 1. The van der Waals surface area contributed by atoms with Gasteiger partial charge in [-0.1, -0.05) is 107 Å². The van der Waals surface area contributed by atoms with Gasteiger partial charge in [-0.2, -0.15) is 8.42 Å². The Bertz CT molecular complexity index is 885. The van der Waals surface area contributed by atoms with Gasteiger partial charge < -0.3 is 9.84 Å². The molecule has 0 atom stereocenters. The van der Waals surface area contributed by atoms with Crippen LogP contribution in [0.2, 0.25) is 0 Å². The third kappa shape index (κ3) is 10.7.